The van der Waals surface area contributed by atoms with E-state index in [1.165, 1.54) is 6.07 Å². The highest BCUT2D eigenvalue weighted by Gasteiger charge is 2.31. The number of aryl methyl sites for hydroxylation is 1. The summed E-state index contributed by atoms with van der Waals surface area (Å²) in [4.78, 5) is 8.38. The van der Waals surface area contributed by atoms with Crippen molar-refractivity contribution in [2.24, 2.45) is 0 Å². The Morgan fingerprint density at radius 2 is 1.96 bits per heavy atom. The summed E-state index contributed by atoms with van der Waals surface area (Å²) in [5, 5.41) is 0. The number of alkyl halides is 3. The molecule has 3 nitrogen and oxygen atoms in total. The molecule has 0 fully saturated rings. The molecule has 0 aliphatic heterocycles. The average molecular weight is 334 g/mol. The van der Waals surface area contributed by atoms with Crippen LogP contribution in [0.5, 0.6) is 0 Å². The van der Waals surface area contributed by atoms with Crippen LogP contribution in [0.3, 0.4) is 0 Å². The number of hydrogen-bond donors (Lipinski definition) is 0. The van der Waals surface area contributed by atoms with E-state index in [-0.39, 0.29) is 5.52 Å². The zero-order valence-corrected chi connectivity index (χ0v) is 13.2. The van der Waals surface area contributed by atoms with Crippen LogP contribution in [0.15, 0.2) is 41.1 Å². The van der Waals surface area contributed by atoms with Crippen LogP contribution in [-0.2, 0) is 12.6 Å². The monoisotopic (exact) mass is 334 g/mol. The molecule has 0 saturated carbocycles. The predicted octanol–water partition coefficient (Wildman–Crippen LogP) is 5.64. The van der Waals surface area contributed by atoms with Crippen LogP contribution in [-0.4, -0.2) is 9.97 Å². The summed E-state index contributed by atoms with van der Waals surface area (Å²) < 4.78 is 44.1. The Bertz CT molecular complexity index is 840. The van der Waals surface area contributed by atoms with Crippen molar-refractivity contribution < 1.29 is 17.6 Å². The molecule has 0 aliphatic carbocycles. The van der Waals surface area contributed by atoms with Crippen LogP contribution in [0.25, 0.3) is 22.6 Å². The maximum Gasteiger partial charge on any atom is 0.416 e. The normalized spacial score (nSPS) is 12.0. The fourth-order valence-corrected chi connectivity index (χ4v) is 2.62. The SMILES string of the molecule is CCCCCc1cnccc1-c1nc2cc(C(F)(F)F)ccc2o1. The van der Waals surface area contributed by atoms with Gasteiger partial charge in [-0.2, -0.15) is 13.2 Å². The summed E-state index contributed by atoms with van der Waals surface area (Å²) in [6, 6.07) is 5.12. The molecule has 0 saturated heterocycles. The second kappa shape index (κ2) is 6.63. The molecule has 3 aromatic rings. The molecular weight excluding hydrogens is 317 g/mol. The minimum atomic E-state index is -4.39. The molecule has 126 valence electrons. The zero-order chi connectivity index (χ0) is 17.2. The molecule has 0 aliphatic rings. The van der Waals surface area contributed by atoms with Crippen molar-refractivity contribution in [1.29, 1.82) is 0 Å². The van der Waals surface area contributed by atoms with Crippen LogP contribution in [0.4, 0.5) is 13.2 Å². The molecule has 2 heterocycles. The van der Waals surface area contributed by atoms with E-state index in [1.54, 1.807) is 18.5 Å². The third kappa shape index (κ3) is 3.42. The van der Waals surface area contributed by atoms with E-state index in [0.717, 1.165) is 48.9 Å². The number of oxazole rings is 1. The first kappa shape index (κ1) is 16.5. The van der Waals surface area contributed by atoms with E-state index in [4.69, 9.17) is 4.42 Å². The van der Waals surface area contributed by atoms with Crippen molar-refractivity contribution >= 4 is 11.1 Å². The molecule has 0 N–H and O–H groups in total. The minimum Gasteiger partial charge on any atom is -0.436 e. The Hall–Kier alpha value is -2.37. The molecular formula is C18H17F3N2O. The van der Waals surface area contributed by atoms with Gasteiger partial charge in [-0.3, -0.25) is 4.98 Å². The van der Waals surface area contributed by atoms with Crippen molar-refractivity contribution in [3.05, 3.63) is 47.8 Å². The molecule has 0 atom stereocenters. The quantitative estimate of drug-likeness (QED) is 0.567. The fraction of sp³-hybridized carbons (Fsp3) is 0.333. The van der Waals surface area contributed by atoms with E-state index >= 15 is 0 Å². The second-order valence-corrected chi connectivity index (χ2v) is 5.69. The summed E-state index contributed by atoms with van der Waals surface area (Å²) in [7, 11) is 0. The topological polar surface area (TPSA) is 38.9 Å². The van der Waals surface area contributed by atoms with Gasteiger partial charge in [0.25, 0.3) is 0 Å². The van der Waals surface area contributed by atoms with Gasteiger partial charge < -0.3 is 4.42 Å². The maximum absolute atomic E-state index is 12.8. The van der Waals surface area contributed by atoms with Gasteiger partial charge in [0, 0.05) is 18.0 Å². The first-order valence-electron chi connectivity index (χ1n) is 7.90. The Labute approximate surface area is 137 Å². The molecule has 0 radical (unpaired) electrons. The maximum atomic E-state index is 12.8. The lowest BCUT2D eigenvalue weighted by Crippen LogP contribution is -2.03. The lowest BCUT2D eigenvalue weighted by atomic mass is 10.0. The van der Waals surface area contributed by atoms with E-state index in [2.05, 4.69) is 16.9 Å². The number of benzene rings is 1. The van der Waals surface area contributed by atoms with Crippen LogP contribution in [0.2, 0.25) is 0 Å². The van der Waals surface area contributed by atoms with Gasteiger partial charge in [0.2, 0.25) is 5.89 Å². The highest BCUT2D eigenvalue weighted by Crippen LogP contribution is 2.33. The molecule has 1 aromatic carbocycles. The largest absolute Gasteiger partial charge is 0.436 e. The Morgan fingerprint density at radius 1 is 1.12 bits per heavy atom. The average Bonchev–Trinajstić information content (AvgIpc) is 2.97. The van der Waals surface area contributed by atoms with Crippen LogP contribution >= 0.6 is 0 Å². The van der Waals surface area contributed by atoms with Gasteiger partial charge in [-0.25, -0.2) is 4.98 Å². The van der Waals surface area contributed by atoms with E-state index < -0.39 is 11.7 Å². The van der Waals surface area contributed by atoms with Gasteiger partial charge in [-0.05, 0) is 42.7 Å². The van der Waals surface area contributed by atoms with Crippen molar-refractivity contribution in [3.63, 3.8) is 0 Å². The summed E-state index contributed by atoms with van der Waals surface area (Å²) >= 11 is 0. The molecule has 0 bridgehead atoms. The van der Waals surface area contributed by atoms with E-state index in [9.17, 15) is 13.2 Å². The minimum absolute atomic E-state index is 0.205. The van der Waals surface area contributed by atoms with Gasteiger partial charge in [-0.15, -0.1) is 0 Å². The van der Waals surface area contributed by atoms with Crippen molar-refractivity contribution in [2.45, 2.75) is 38.8 Å². The van der Waals surface area contributed by atoms with Crippen molar-refractivity contribution in [3.8, 4) is 11.5 Å². The highest BCUT2D eigenvalue weighted by atomic mass is 19.4. The second-order valence-electron chi connectivity index (χ2n) is 5.69. The number of pyridine rings is 1. The third-order valence-corrected chi connectivity index (χ3v) is 3.90. The first-order valence-corrected chi connectivity index (χ1v) is 7.90. The highest BCUT2D eigenvalue weighted by molar-refractivity contribution is 5.77. The van der Waals surface area contributed by atoms with E-state index in [1.807, 2.05) is 0 Å². The molecule has 0 spiro atoms. The number of aromatic nitrogens is 2. The van der Waals surface area contributed by atoms with Gasteiger partial charge in [0.1, 0.15) is 5.52 Å². The number of fused-ring (bicyclic) bond motifs is 1. The van der Waals surface area contributed by atoms with Crippen LogP contribution in [0, 0.1) is 0 Å². The Balaban J connectivity index is 1.98. The molecule has 3 rings (SSSR count). The zero-order valence-electron chi connectivity index (χ0n) is 13.2. The fourth-order valence-electron chi connectivity index (χ4n) is 2.62. The number of nitrogens with zero attached hydrogens (tertiary/aromatic N) is 2. The lowest BCUT2D eigenvalue weighted by molar-refractivity contribution is -0.137. The standard InChI is InChI=1S/C18H17F3N2O/c1-2-3-4-5-12-11-22-9-8-14(12)17-23-15-10-13(18(19,20)21)6-7-16(15)24-17/h6-11H,2-5H2,1H3. The van der Waals surface area contributed by atoms with Gasteiger partial charge in [-0.1, -0.05) is 19.8 Å². The predicted molar refractivity (Wildman–Crippen MR) is 85.5 cm³/mol. The van der Waals surface area contributed by atoms with Gasteiger partial charge in [0.15, 0.2) is 5.58 Å². The van der Waals surface area contributed by atoms with Gasteiger partial charge >= 0.3 is 6.18 Å². The third-order valence-electron chi connectivity index (χ3n) is 3.90. The Kier molecular flexibility index (Phi) is 4.55. The Morgan fingerprint density at radius 3 is 2.71 bits per heavy atom. The lowest BCUT2D eigenvalue weighted by Gasteiger charge is -2.05. The molecule has 0 amide bonds. The van der Waals surface area contributed by atoms with Crippen LogP contribution < -0.4 is 0 Å². The molecule has 6 heteroatoms. The number of rotatable bonds is 5. The smallest absolute Gasteiger partial charge is 0.416 e. The molecule has 0 unspecified atom stereocenters. The number of halogens is 3. The van der Waals surface area contributed by atoms with E-state index in [0.29, 0.717) is 11.5 Å². The summed E-state index contributed by atoms with van der Waals surface area (Å²) in [6.45, 7) is 2.13. The van der Waals surface area contributed by atoms with Crippen LogP contribution in [0.1, 0.15) is 37.3 Å². The summed E-state index contributed by atoms with van der Waals surface area (Å²) in [5.41, 5.74) is 1.60. The first-order chi connectivity index (χ1) is 11.5. The van der Waals surface area contributed by atoms with Gasteiger partial charge in [0.05, 0.1) is 5.56 Å². The summed E-state index contributed by atoms with van der Waals surface area (Å²) in [5.74, 6) is 0.332. The molecule has 2 aromatic heterocycles. The van der Waals surface area contributed by atoms with Crippen molar-refractivity contribution in [2.75, 3.05) is 0 Å². The number of hydrogen-bond acceptors (Lipinski definition) is 3. The number of unbranched alkanes of at least 4 members (excludes halogenated alkanes) is 2. The van der Waals surface area contributed by atoms with Crippen molar-refractivity contribution in [1.82, 2.24) is 9.97 Å². The molecule has 24 heavy (non-hydrogen) atoms. The summed E-state index contributed by atoms with van der Waals surface area (Å²) in [6.07, 6.45) is 3.08.